The first-order chi connectivity index (χ1) is 16.9. The maximum absolute atomic E-state index is 12.8. The van der Waals surface area contributed by atoms with Crippen LogP contribution < -0.4 is 27.4 Å². The molecule has 0 radical (unpaired) electrons. The molecular formula is C23H35N5O8. The van der Waals surface area contributed by atoms with Gasteiger partial charge >= 0.3 is 11.9 Å². The van der Waals surface area contributed by atoms with Gasteiger partial charge in [0.15, 0.2) is 0 Å². The molecule has 13 nitrogen and oxygen atoms in total. The minimum Gasteiger partial charge on any atom is -0.508 e. The van der Waals surface area contributed by atoms with E-state index < -0.39 is 60.2 Å². The van der Waals surface area contributed by atoms with Gasteiger partial charge in [-0.3, -0.25) is 19.2 Å². The Kier molecular flexibility index (Phi) is 12.9. The fourth-order valence-electron chi connectivity index (χ4n) is 3.22. The van der Waals surface area contributed by atoms with Gasteiger partial charge in [0.05, 0.1) is 6.04 Å². The summed E-state index contributed by atoms with van der Waals surface area (Å²) in [5, 5.41) is 34.8. The first-order valence-corrected chi connectivity index (χ1v) is 11.5. The zero-order valence-electron chi connectivity index (χ0n) is 20.1. The number of aliphatic carboxylic acids is 2. The zero-order chi connectivity index (χ0) is 27.3. The van der Waals surface area contributed by atoms with E-state index in [9.17, 15) is 34.2 Å². The van der Waals surface area contributed by atoms with Crippen LogP contribution in [0.25, 0.3) is 0 Å². The van der Waals surface area contributed by atoms with Gasteiger partial charge in [-0.1, -0.05) is 12.1 Å². The number of phenols is 1. The molecule has 4 unspecified atom stereocenters. The number of phenolic OH excluding ortho intramolecular Hbond substituents is 1. The second-order valence-corrected chi connectivity index (χ2v) is 8.38. The summed E-state index contributed by atoms with van der Waals surface area (Å²) in [5.74, 6) is -4.66. The molecule has 0 fully saturated rings. The van der Waals surface area contributed by atoms with Crippen LogP contribution in [-0.2, 0) is 30.4 Å². The summed E-state index contributed by atoms with van der Waals surface area (Å²) in [7, 11) is 0. The summed E-state index contributed by atoms with van der Waals surface area (Å²) >= 11 is 0. The average Bonchev–Trinajstić information content (AvgIpc) is 2.81. The van der Waals surface area contributed by atoms with Crippen molar-refractivity contribution in [3.63, 3.8) is 0 Å². The van der Waals surface area contributed by atoms with Gasteiger partial charge in [-0.25, -0.2) is 4.79 Å². The minimum atomic E-state index is -1.30. The van der Waals surface area contributed by atoms with Crippen LogP contribution in [-0.4, -0.2) is 75.7 Å². The molecule has 36 heavy (non-hydrogen) atoms. The predicted octanol–water partition coefficient (Wildman–Crippen LogP) is -1.19. The number of hydrogen-bond acceptors (Lipinski definition) is 8. The number of hydrogen-bond donors (Lipinski definition) is 8. The lowest BCUT2D eigenvalue weighted by Gasteiger charge is -2.23. The van der Waals surface area contributed by atoms with Crippen LogP contribution in [0.1, 0.15) is 44.6 Å². The second-order valence-electron chi connectivity index (χ2n) is 8.38. The Bertz CT molecular complexity index is 908. The zero-order valence-corrected chi connectivity index (χ0v) is 20.1. The van der Waals surface area contributed by atoms with E-state index in [1.807, 2.05) is 0 Å². The molecule has 0 aliphatic rings. The average molecular weight is 510 g/mol. The quantitative estimate of drug-likeness (QED) is 0.124. The summed E-state index contributed by atoms with van der Waals surface area (Å²) < 4.78 is 0. The summed E-state index contributed by atoms with van der Waals surface area (Å²) in [4.78, 5) is 60.2. The SMILES string of the molecule is CC(NC(=O)C(CCC(=O)O)NC(=O)C(N)Cc1ccc(O)cc1)C(=O)NC(CCCCN)C(=O)O. The molecule has 0 aliphatic carbocycles. The first-order valence-electron chi connectivity index (χ1n) is 11.5. The Morgan fingerprint density at radius 1 is 0.861 bits per heavy atom. The molecule has 3 amide bonds. The molecule has 0 saturated heterocycles. The Hall–Kier alpha value is -3.71. The minimum absolute atomic E-state index is 0.0468. The highest BCUT2D eigenvalue weighted by atomic mass is 16.4. The Balaban J connectivity index is 2.78. The smallest absolute Gasteiger partial charge is 0.326 e. The third-order valence-electron chi connectivity index (χ3n) is 5.32. The van der Waals surface area contributed by atoms with E-state index in [-0.39, 0.29) is 25.0 Å². The topological polar surface area (TPSA) is 234 Å². The van der Waals surface area contributed by atoms with Crippen LogP contribution in [0.5, 0.6) is 5.75 Å². The van der Waals surface area contributed by atoms with E-state index in [0.29, 0.717) is 24.9 Å². The van der Waals surface area contributed by atoms with Gasteiger partial charge in [0, 0.05) is 6.42 Å². The number of carbonyl (C=O) groups is 5. The number of unbranched alkanes of at least 4 members (excludes halogenated alkanes) is 1. The molecule has 0 saturated carbocycles. The largest absolute Gasteiger partial charge is 0.508 e. The Morgan fingerprint density at radius 3 is 2.03 bits per heavy atom. The van der Waals surface area contributed by atoms with Gasteiger partial charge in [0.2, 0.25) is 17.7 Å². The van der Waals surface area contributed by atoms with Gasteiger partial charge in [-0.2, -0.15) is 0 Å². The van der Waals surface area contributed by atoms with Crippen molar-refractivity contribution >= 4 is 29.7 Å². The number of nitrogens with one attached hydrogen (secondary N) is 3. The third kappa shape index (κ3) is 11.1. The van der Waals surface area contributed by atoms with E-state index >= 15 is 0 Å². The number of carboxylic acids is 2. The van der Waals surface area contributed by atoms with Gasteiger partial charge in [-0.05, 0) is 63.3 Å². The lowest BCUT2D eigenvalue weighted by molar-refractivity contribution is -0.142. The first kappa shape index (κ1) is 30.3. The molecule has 1 rings (SSSR count). The van der Waals surface area contributed by atoms with Gasteiger partial charge in [0.25, 0.3) is 0 Å². The van der Waals surface area contributed by atoms with Gasteiger partial charge < -0.3 is 42.7 Å². The van der Waals surface area contributed by atoms with Crippen LogP contribution in [0, 0.1) is 0 Å². The summed E-state index contributed by atoms with van der Waals surface area (Å²) in [6.07, 6.45) is 0.639. The molecule has 4 atom stereocenters. The maximum atomic E-state index is 12.8. The van der Waals surface area contributed by atoms with Gasteiger partial charge in [0.1, 0.15) is 23.9 Å². The number of amides is 3. The highest BCUT2D eigenvalue weighted by Gasteiger charge is 2.28. The summed E-state index contributed by atoms with van der Waals surface area (Å²) in [5.41, 5.74) is 12.0. The summed E-state index contributed by atoms with van der Waals surface area (Å²) in [6.45, 7) is 1.72. The van der Waals surface area contributed by atoms with E-state index in [4.69, 9.17) is 16.6 Å². The van der Waals surface area contributed by atoms with Crippen LogP contribution in [0.4, 0.5) is 0 Å². The van der Waals surface area contributed by atoms with Crippen molar-refractivity contribution in [1.82, 2.24) is 16.0 Å². The van der Waals surface area contributed by atoms with Crippen molar-refractivity contribution in [3.8, 4) is 5.75 Å². The molecule has 200 valence electrons. The lowest BCUT2D eigenvalue weighted by atomic mass is 10.0. The number of aromatic hydroxyl groups is 1. The number of rotatable bonds is 16. The number of carboxylic acid groups (broad SMARTS) is 2. The predicted molar refractivity (Wildman–Crippen MR) is 129 cm³/mol. The molecule has 1 aromatic rings. The Labute approximate surface area is 208 Å². The monoisotopic (exact) mass is 509 g/mol. The van der Waals surface area contributed by atoms with Crippen LogP contribution in [0.15, 0.2) is 24.3 Å². The van der Waals surface area contributed by atoms with E-state index in [0.717, 1.165) is 0 Å². The standard InChI is InChI=1S/C23H35N5O8/c1-13(20(32)28-18(23(35)36)4-2-3-11-24)26-22(34)17(9-10-19(30)31)27-21(33)16(25)12-14-5-7-15(29)8-6-14/h5-8,13,16-18,29H,2-4,9-12,24-25H2,1H3,(H,26,34)(H,27,33)(H,28,32)(H,30,31)(H,35,36). The van der Waals surface area contributed by atoms with Crippen LogP contribution >= 0.6 is 0 Å². The van der Waals surface area contributed by atoms with Crippen molar-refractivity contribution in [3.05, 3.63) is 29.8 Å². The molecular weight excluding hydrogens is 474 g/mol. The van der Waals surface area contributed by atoms with Crippen molar-refractivity contribution in [2.45, 2.75) is 69.6 Å². The van der Waals surface area contributed by atoms with E-state index in [1.165, 1.54) is 19.1 Å². The lowest BCUT2D eigenvalue weighted by Crippen LogP contribution is -2.56. The van der Waals surface area contributed by atoms with E-state index in [1.54, 1.807) is 12.1 Å². The number of benzene rings is 1. The number of nitrogens with two attached hydrogens (primary N) is 2. The molecule has 10 N–H and O–H groups in total. The van der Waals surface area contributed by atoms with Crippen molar-refractivity contribution in [2.24, 2.45) is 11.5 Å². The second kappa shape index (κ2) is 15.3. The molecule has 0 spiro atoms. The Morgan fingerprint density at radius 2 is 1.47 bits per heavy atom. The molecule has 1 aromatic carbocycles. The molecule has 0 aliphatic heterocycles. The highest BCUT2D eigenvalue weighted by Crippen LogP contribution is 2.11. The van der Waals surface area contributed by atoms with Gasteiger partial charge in [-0.15, -0.1) is 0 Å². The van der Waals surface area contributed by atoms with E-state index in [2.05, 4.69) is 16.0 Å². The highest BCUT2D eigenvalue weighted by molar-refractivity contribution is 5.94. The van der Waals surface area contributed by atoms with Crippen LogP contribution in [0.2, 0.25) is 0 Å². The van der Waals surface area contributed by atoms with Crippen molar-refractivity contribution in [2.75, 3.05) is 6.54 Å². The van der Waals surface area contributed by atoms with Crippen LogP contribution in [0.3, 0.4) is 0 Å². The third-order valence-corrected chi connectivity index (χ3v) is 5.32. The van der Waals surface area contributed by atoms with Crippen molar-refractivity contribution in [1.29, 1.82) is 0 Å². The fraction of sp³-hybridized carbons (Fsp3) is 0.522. The molecule has 13 heteroatoms. The molecule has 0 aromatic heterocycles. The molecule has 0 heterocycles. The number of carbonyl (C=O) groups excluding carboxylic acids is 3. The normalized spacial score (nSPS) is 14.1. The maximum Gasteiger partial charge on any atom is 0.326 e. The fourth-order valence-corrected chi connectivity index (χ4v) is 3.22. The van der Waals surface area contributed by atoms with Crippen molar-refractivity contribution < 1.29 is 39.3 Å². The molecule has 0 bridgehead atoms. The summed E-state index contributed by atoms with van der Waals surface area (Å²) in [6, 6.07) is 1.34.